The van der Waals surface area contributed by atoms with Gasteiger partial charge in [-0.1, -0.05) is 30.3 Å². The molecule has 110 valence electrons. The van der Waals surface area contributed by atoms with E-state index < -0.39 is 17.9 Å². The molecule has 5 nitrogen and oxygen atoms in total. The Morgan fingerprint density at radius 2 is 1.73 bits per heavy atom. The molecule has 5 heteroatoms. The minimum Gasteiger partial charge on any atom is -0.480 e. The van der Waals surface area contributed by atoms with E-state index in [4.69, 9.17) is 5.26 Å². The van der Waals surface area contributed by atoms with Crippen molar-refractivity contribution in [3.8, 4) is 6.07 Å². The van der Waals surface area contributed by atoms with Crippen LogP contribution in [0.4, 0.5) is 0 Å². The standard InChI is InChI=1S/C17H14N2O3/c18-11-13-6-8-14(9-7-13)16(20)19-15(17(21)22)10-12-4-2-1-3-5-12/h1-9,15H,10H2,(H,19,20)(H,21,22)/t15-/m1/s1. The van der Waals surface area contributed by atoms with Crippen LogP contribution >= 0.6 is 0 Å². The first kappa shape index (κ1) is 15.3. The van der Waals surface area contributed by atoms with Crippen molar-refractivity contribution in [1.29, 1.82) is 5.26 Å². The highest BCUT2D eigenvalue weighted by atomic mass is 16.4. The first-order valence-electron chi connectivity index (χ1n) is 6.68. The predicted octanol–water partition coefficient (Wildman–Crippen LogP) is 1.98. The molecule has 22 heavy (non-hydrogen) atoms. The normalized spacial score (nSPS) is 11.2. The molecule has 2 aromatic carbocycles. The van der Waals surface area contributed by atoms with Gasteiger partial charge >= 0.3 is 5.97 Å². The van der Waals surface area contributed by atoms with Crippen LogP contribution in [0, 0.1) is 11.3 Å². The molecule has 0 aliphatic heterocycles. The van der Waals surface area contributed by atoms with Crippen LogP contribution < -0.4 is 5.32 Å². The summed E-state index contributed by atoms with van der Waals surface area (Å²) in [6.45, 7) is 0. The number of rotatable bonds is 5. The minimum atomic E-state index is -1.09. The van der Waals surface area contributed by atoms with Crippen LogP contribution in [-0.4, -0.2) is 23.0 Å². The van der Waals surface area contributed by atoms with Gasteiger partial charge in [0.05, 0.1) is 11.6 Å². The van der Waals surface area contributed by atoms with Crippen molar-refractivity contribution in [3.63, 3.8) is 0 Å². The number of amides is 1. The smallest absolute Gasteiger partial charge is 0.326 e. The second-order valence-electron chi connectivity index (χ2n) is 4.74. The van der Waals surface area contributed by atoms with Crippen LogP contribution in [0.2, 0.25) is 0 Å². The second-order valence-corrected chi connectivity index (χ2v) is 4.74. The van der Waals surface area contributed by atoms with E-state index >= 15 is 0 Å². The van der Waals surface area contributed by atoms with Crippen LogP contribution in [0.5, 0.6) is 0 Å². The van der Waals surface area contributed by atoms with Gasteiger partial charge in [0.25, 0.3) is 5.91 Å². The van der Waals surface area contributed by atoms with Crippen LogP contribution in [0.25, 0.3) is 0 Å². The molecule has 0 aliphatic rings. The monoisotopic (exact) mass is 294 g/mol. The second kappa shape index (κ2) is 7.04. The Kier molecular flexibility index (Phi) is 4.89. The lowest BCUT2D eigenvalue weighted by Gasteiger charge is -2.14. The summed E-state index contributed by atoms with van der Waals surface area (Å²) in [4.78, 5) is 23.4. The first-order valence-corrected chi connectivity index (χ1v) is 6.68. The molecule has 2 aromatic rings. The molecule has 2 N–H and O–H groups in total. The zero-order valence-corrected chi connectivity index (χ0v) is 11.7. The topological polar surface area (TPSA) is 90.2 Å². The Bertz CT molecular complexity index is 703. The van der Waals surface area contributed by atoms with Crippen molar-refractivity contribution < 1.29 is 14.7 Å². The van der Waals surface area contributed by atoms with Gasteiger partial charge in [0.2, 0.25) is 0 Å². The van der Waals surface area contributed by atoms with Crippen LogP contribution in [0.1, 0.15) is 21.5 Å². The SMILES string of the molecule is N#Cc1ccc(C(=O)N[C@H](Cc2ccccc2)C(=O)O)cc1. The van der Waals surface area contributed by atoms with E-state index in [2.05, 4.69) is 5.32 Å². The molecule has 0 unspecified atom stereocenters. The van der Waals surface area contributed by atoms with Gasteiger partial charge in [-0.2, -0.15) is 5.26 Å². The van der Waals surface area contributed by atoms with E-state index in [-0.39, 0.29) is 6.42 Å². The maximum absolute atomic E-state index is 12.1. The number of nitrogens with one attached hydrogen (secondary N) is 1. The Hall–Kier alpha value is -3.13. The quantitative estimate of drug-likeness (QED) is 0.882. The molecule has 0 saturated carbocycles. The average molecular weight is 294 g/mol. The summed E-state index contributed by atoms with van der Waals surface area (Å²) in [6.07, 6.45) is 0.207. The van der Waals surface area contributed by atoms with E-state index in [1.54, 1.807) is 0 Å². The number of nitriles is 1. The lowest BCUT2D eigenvalue weighted by atomic mass is 10.1. The molecule has 2 rings (SSSR count). The molecular weight excluding hydrogens is 280 g/mol. The molecule has 0 fully saturated rings. The lowest BCUT2D eigenvalue weighted by Crippen LogP contribution is -2.42. The molecule has 0 saturated heterocycles. The van der Waals surface area contributed by atoms with Crippen molar-refractivity contribution in [2.24, 2.45) is 0 Å². The largest absolute Gasteiger partial charge is 0.480 e. The Morgan fingerprint density at radius 3 is 2.27 bits per heavy atom. The molecule has 1 atom stereocenters. The van der Waals surface area contributed by atoms with Gasteiger partial charge in [0.15, 0.2) is 0 Å². The number of carboxylic acid groups (broad SMARTS) is 1. The van der Waals surface area contributed by atoms with Gasteiger partial charge in [-0.3, -0.25) is 4.79 Å². The third-order valence-corrected chi connectivity index (χ3v) is 3.16. The van der Waals surface area contributed by atoms with Crippen LogP contribution in [0.3, 0.4) is 0 Å². The summed E-state index contributed by atoms with van der Waals surface area (Å²) in [5, 5.41) is 20.5. The summed E-state index contributed by atoms with van der Waals surface area (Å²) >= 11 is 0. The van der Waals surface area contributed by atoms with Crippen molar-refractivity contribution >= 4 is 11.9 Å². The van der Waals surface area contributed by atoms with Gasteiger partial charge in [0.1, 0.15) is 6.04 Å². The Morgan fingerprint density at radius 1 is 1.09 bits per heavy atom. The first-order chi connectivity index (χ1) is 10.6. The zero-order chi connectivity index (χ0) is 15.9. The number of benzene rings is 2. The summed E-state index contributed by atoms with van der Waals surface area (Å²) in [5.74, 6) is -1.57. The Labute approximate surface area is 127 Å². The zero-order valence-electron chi connectivity index (χ0n) is 11.7. The molecule has 0 aliphatic carbocycles. The van der Waals surface area contributed by atoms with Crippen molar-refractivity contribution in [1.82, 2.24) is 5.32 Å². The minimum absolute atomic E-state index is 0.207. The summed E-state index contributed by atoms with van der Waals surface area (Å²) in [5.41, 5.74) is 1.59. The number of carbonyl (C=O) groups excluding carboxylic acids is 1. The van der Waals surface area contributed by atoms with Crippen LogP contribution in [-0.2, 0) is 11.2 Å². The maximum atomic E-state index is 12.1. The van der Waals surface area contributed by atoms with Crippen LogP contribution in [0.15, 0.2) is 54.6 Å². The van der Waals surface area contributed by atoms with Gasteiger partial charge < -0.3 is 10.4 Å². The predicted molar refractivity (Wildman–Crippen MR) is 80.2 cm³/mol. The summed E-state index contributed by atoms with van der Waals surface area (Å²) in [6, 6.07) is 16.1. The maximum Gasteiger partial charge on any atom is 0.326 e. The number of carbonyl (C=O) groups is 2. The lowest BCUT2D eigenvalue weighted by molar-refractivity contribution is -0.139. The number of nitrogens with zero attached hydrogens (tertiary/aromatic N) is 1. The van der Waals surface area contributed by atoms with Gasteiger partial charge in [-0.05, 0) is 29.8 Å². The summed E-state index contributed by atoms with van der Waals surface area (Å²) in [7, 11) is 0. The summed E-state index contributed by atoms with van der Waals surface area (Å²) < 4.78 is 0. The van der Waals surface area contributed by atoms with E-state index in [1.165, 1.54) is 24.3 Å². The highest BCUT2D eigenvalue weighted by Crippen LogP contribution is 2.07. The van der Waals surface area contributed by atoms with Gasteiger partial charge in [-0.15, -0.1) is 0 Å². The molecule has 0 radical (unpaired) electrons. The number of hydrogen-bond donors (Lipinski definition) is 2. The van der Waals surface area contributed by atoms with E-state index in [0.717, 1.165) is 5.56 Å². The molecule has 0 aromatic heterocycles. The average Bonchev–Trinajstić information content (AvgIpc) is 2.55. The van der Waals surface area contributed by atoms with Crippen molar-refractivity contribution in [2.75, 3.05) is 0 Å². The number of hydrogen-bond acceptors (Lipinski definition) is 3. The fourth-order valence-electron chi connectivity index (χ4n) is 1.99. The Balaban J connectivity index is 2.08. The molecule has 1 amide bonds. The number of carboxylic acids is 1. The van der Waals surface area contributed by atoms with E-state index in [9.17, 15) is 14.7 Å². The van der Waals surface area contributed by atoms with Crippen molar-refractivity contribution in [2.45, 2.75) is 12.5 Å². The highest BCUT2D eigenvalue weighted by molar-refractivity contribution is 5.96. The highest BCUT2D eigenvalue weighted by Gasteiger charge is 2.21. The fraction of sp³-hybridized carbons (Fsp3) is 0.118. The van der Waals surface area contributed by atoms with Gasteiger partial charge in [-0.25, -0.2) is 4.79 Å². The molecule has 0 bridgehead atoms. The molecule has 0 spiro atoms. The van der Waals surface area contributed by atoms with E-state index in [1.807, 2.05) is 36.4 Å². The fourth-order valence-corrected chi connectivity index (χ4v) is 1.99. The van der Waals surface area contributed by atoms with Crippen molar-refractivity contribution in [3.05, 3.63) is 71.3 Å². The van der Waals surface area contributed by atoms with E-state index in [0.29, 0.717) is 11.1 Å². The number of aliphatic carboxylic acids is 1. The third kappa shape index (κ3) is 3.93. The molecule has 0 heterocycles. The van der Waals surface area contributed by atoms with Gasteiger partial charge in [0, 0.05) is 12.0 Å². The molecular formula is C17H14N2O3. The third-order valence-electron chi connectivity index (χ3n) is 3.16.